The number of aliphatic hydroxyl groups is 1. The summed E-state index contributed by atoms with van der Waals surface area (Å²) in [5.74, 6) is 0.310. The van der Waals surface area contributed by atoms with Gasteiger partial charge in [-0.1, -0.05) is 38.1 Å². The van der Waals surface area contributed by atoms with E-state index < -0.39 is 12.4 Å². The lowest BCUT2D eigenvalue weighted by molar-refractivity contribution is -0.149. The maximum Gasteiger partial charge on any atom is 0.181 e. The molecule has 0 aliphatic carbocycles. The first-order chi connectivity index (χ1) is 10.4. The molecule has 0 spiro atoms. The summed E-state index contributed by atoms with van der Waals surface area (Å²) in [6, 6.07) is 7.43. The second-order valence-electron chi connectivity index (χ2n) is 5.75. The molecule has 22 heavy (non-hydrogen) atoms. The summed E-state index contributed by atoms with van der Waals surface area (Å²) in [6.45, 7) is 8.21. The highest BCUT2D eigenvalue weighted by atomic mass is 16.7. The van der Waals surface area contributed by atoms with Gasteiger partial charge in [0.1, 0.15) is 6.61 Å². The molecule has 4 nitrogen and oxygen atoms in total. The molecule has 0 fully saturated rings. The highest BCUT2D eigenvalue weighted by Gasteiger charge is 2.06. The topological polar surface area (TPSA) is 55.8 Å². The molecule has 0 radical (unpaired) electrons. The predicted molar refractivity (Wildman–Crippen MR) is 87.3 cm³/mol. The summed E-state index contributed by atoms with van der Waals surface area (Å²) in [5, 5.41) is 9.54. The van der Waals surface area contributed by atoms with Crippen molar-refractivity contribution < 1.29 is 19.4 Å². The highest BCUT2D eigenvalue weighted by Crippen LogP contribution is 2.14. The summed E-state index contributed by atoms with van der Waals surface area (Å²) in [5.41, 5.74) is 1.69. The number of hydrogen-bond donors (Lipinski definition) is 1. The van der Waals surface area contributed by atoms with Crippen LogP contribution >= 0.6 is 0 Å². The van der Waals surface area contributed by atoms with Gasteiger partial charge in [0.15, 0.2) is 12.1 Å². The average molecular weight is 306 g/mol. The SMILES string of the molecule is CC(C)COC(C)OCC(=O)/C=C/c1cccc(C(C)O)c1. The molecule has 0 saturated heterocycles. The van der Waals surface area contributed by atoms with Crippen LogP contribution in [0.15, 0.2) is 30.3 Å². The lowest BCUT2D eigenvalue weighted by Gasteiger charge is -2.14. The number of rotatable bonds is 9. The van der Waals surface area contributed by atoms with E-state index in [-0.39, 0.29) is 12.4 Å². The zero-order valence-electron chi connectivity index (χ0n) is 13.8. The molecule has 0 aliphatic heterocycles. The summed E-state index contributed by atoms with van der Waals surface area (Å²) < 4.78 is 10.8. The van der Waals surface area contributed by atoms with Crippen LogP contribution < -0.4 is 0 Å². The van der Waals surface area contributed by atoms with Crippen molar-refractivity contribution in [2.45, 2.75) is 40.1 Å². The van der Waals surface area contributed by atoms with Crippen molar-refractivity contribution >= 4 is 11.9 Å². The van der Waals surface area contributed by atoms with Gasteiger partial charge in [-0.3, -0.25) is 4.79 Å². The maximum absolute atomic E-state index is 11.8. The number of carbonyl (C=O) groups excluding carboxylic acids is 1. The fraction of sp³-hybridized carbons (Fsp3) is 0.500. The van der Waals surface area contributed by atoms with Crippen LogP contribution in [0.5, 0.6) is 0 Å². The third kappa shape index (κ3) is 7.50. The molecule has 2 unspecified atom stereocenters. The number of hydrogen-bond acceptors (Lipinski definition) is 4. The monoisotopic (exact) mass is 306 g/mol. The third-order valence-corrected chi connectivity index (χ3v) is 2.98. The Morgan fingerprint density at radius 3 is 2.59 bits per heavy atom. The quantitative estimate of drug-likeness (QED) is 0.561. The molecule has 1 N–H and O–H groups in total. The van der Waals surface area contributed by atoms with Crippen molar-refractivity contribution in [3.8, 4) is 0 Å². The van der Waals surface area contributed by atoms with Gasteiger partial charge in [-0.05, 0) is 43.0 Å². The zero-order valence-corrected chi connectivity index (χ0v) is 13.8. The van der Waals surface area contributed by atoms with Gasteiger partial charge in [0, 0.05) is 0 Å². The standard InChI is InChI=1S/C18H26O4/c1-13(2)11-21-15(4)22-12-18(20)9-8-16-6-5-7-17(10-16)14(3)19/h5-10,13-15,19H,11-12H2,1-4H3/b9-8+. The van der Waals surface area contributed by atoms with Gasteiger partial charge in [0.2, 0.25) is 0 Å². The molecule has 0 aliphatic rings. The second kappa shape index (κ2) is 9.51. The fourth-order valence-electron chi connectivity index (χ4n) is 1.74. The van der Waals surface area contributed by atoms with Crippen molar-refractivity contribution in [3.05, 3.63) is 41.5 Å². The minimum absolute atomic E-state index is 0.00808. The number of carbonyl (C=O) groups is 1. The van der Waals surface area contributed by atoms with E-state index in [4.69, 9.17) is 9.47 Å². The Labute approximate surface area is 132 Å². The van der Waals surface area contributed by atoms with Gasteiger partial charge in [0.05, 0.1) is 12.7 Å². The molecular weight excluding hydrogens is 280 g/mol. The molecule has 0 saturated carbocycles. The van der Waals surface area contributed by atoms with Crippen molar-refractivity contribution in [2.75, 3.05) is 13.2 Å². The van der Waals surface area contributed by atoms with Gasteiger partial charge >= 0.3 is 0 Å². The molecule has 0 aromatic heterocycles. The summed E-state index contributed by atoms with van der Waals surface area (Å²) in [4.78, 5) is 11.8. The molecule has 2 atom stereocenters. The molecule has 0 bridgehead atoms. The third-order valence-electron chi connectivity index (χ3n) is 2.98. The smallest absolute Gasteiger partial charge is 0.181 e. The molecule has 1 rings (SSSR count). The number of ketones is 1. The Kier molecular flexibility index (Phi) is 8.02. The first kappa shape index (κ1) is 18.6. The van der Waals surface area contributed by atoms with Crippen molar-refractivity contribution in [1.29, 1.82) is 0 Å². The van der Waals surface area contributed by atoms with E-state index in [2.05, 4.69) is 13.8 Å². The van der Waals surface area contributed by atoms with Crippen LogP contribution in [0, 0.1) is 5.92 Å². The molecular formula is C18H26O4. The van der Waals surface area contributed by atoms with Crippen LogP contribution in [0.3, 0.4) is 0 Å². The lowest BCUT2D eigenvalue weighted by atomic mass is 10.1. The molecule has 0 amide bonds. The first-order valence-corrected chi connectivity index (χ1v) is 7.60. The van der Waals surface area contributed by atoms with Crippen LogP contribution in [0.1, 0.15) is 44.9 Å². The van der Waals surface area contributed by atoms with Gasteiger partial charge in [0.25, 0.3) is 0 Å². The molecule has 4 heteroatoms. The van der Waals surface area contributed by atoms with Gasteiger partial charge < -0.3 is 14.6 Å². The van der Waals surface area contributed by atoms with Crippen LogP contribution in [-0.2, 0) is 14.3 Å². The largest absolute Gasteiger partial charge is 0.389 e. The summed E-state index contributed by atoms with van der Waals surface area (Å²) in [7, 11) is 0. The van der Waals surface area contributed by atoms with Crippen LogP contribution in [0.2, 0.25) is 0 Å². The molecule has 1 aromatic carbocycles. The number of ether oxygens (including phenoxy) is 2. The molecule has 1 aromatic rings. The van der Waals surface area contributed by atoms with Crippen molar-refractivity contribution in [1.82, 2.24) is 0 Å². The molecule has 0 heterocycles. The van der Waals surface area contributed by atoms with Crippen LogP contribution in [0.4, 0.5) is 0 Å². The van der Waals surface area contributed by atoms with E-state index in [1.54, 1.807) is 19.9 Å². The Hall–Kier alpha value is -1.49. The van der Waals surface area contributed by atoms with Crippen molar-refractivity contribution in [3.63, 3.8) is 0 Å². The van der Waals surface area contributed by atoms with E-state index in [0.29, 0.717) is 12.5 Å². The Morgan fingerprint density at radius 2 is 1.95 bits per heavy atom. The summed E-state index contributed by atoms with van der Waals surface area (Å²) in [6.07, 6.45) is 2.29. The van der Waals surface area contributed by atoms with Gasteiger partial charge in [-0.2, -0.15) is 0 Å². The van der Waals surface area contributed by atoms with Crippen LogP contribution in [-0.4, -0.2) is 30.4 Å². The number of benzene rings is 1. The first-order valence-electron chi connectivity index (χ1n) is 7.60. The van der Waals surface area contributed by atoms with Gasteiger partial charge in [-0.25, -0.2) is 0 Å². The van der Waals surface area contributed by atoms with E-state index in [9.17, 15) is 9.90 Å². The highest BCUT2D eigenvalue weighted by molar-refractivity contribution is 5.94. The normalized spacial score (nSPS) is 14.5. The summed E-state index contributed by atoms with van der Waals surface area (Å²) >= 11 is 0. The van der Waals surface area contributed by atoms with E-state index >= 15 is 0 Å². The Morgan fingerprint density at radius 1 is 1.23 bits per heavy atom. The predicted octanol–water partition coefficient (Wildman–Crippen LogP) is 3.36. The average Bonchev–Trinajstić information content (AvgIpc) is 2.49. The van der Waals surface area contributed by atoms with E-state index in [1.165, 1.54) is 6.08 Å². The Bertz CT molecular complexity index is 492. The van der Waals surface area contributed by atoms with Crippen molar-refractivity contribution in [2.24, 2.45) is 5.92 Å². The second-order valence-corrected chi connectivity index (χ2v) is 5.75. The van der Waals surface area contributed by atoms with E-state index in [0.717, 1.165) is 11.1 Å². The maximum atomic E-state index is 11.8. The minimum atomic E-state index is -0.522. The minimum Gasteiger partial charge on any atom is -0.389 e. The lowest BCUT2D eigenvalue weighted by Crippen LogP contribution is -2.19. The fourth-order valence-corrected chi connectivity index (χ4v) is 1.74. The molecule has 122 valence electrons. The zero-order chi connectivity index (χ0) is 16.5. The van der Waals surface area contributed by atoms with Crippen LogP contribution in [0.25, 0.3) is 6.08 Å². The Balaban J connectivity index is 2.42. The van der Waals surface area contributed by atoms with Gasteiger partial charge in [-0.15, -0.1) is 0 Å². The van der Waals surface area contributed by atoms with E-state index in [1.807, 2.05) is 24.3 Å². The number of aliphatic hydroxyl groups excluding tert-OH is 1.